The Morgan fingerprint density at radius 2 is 1.74 bits per heavy atom. The Bertz CT molecular complexity index is 606. The smallest absolute Gasteiger partial charge is 0.332 e. The molecule has 0 N–H and O–H groups in total. The van der Waals surface area contributed by atoms with Gasteiger partial charge in [0.2, 0.25) is 0 Å². The summed E-state index contributed by atoms with van der Waals surface area (Å²) in [6, 6.07) is 7.78. The fourth-order valence-corrected chi connectivity index (χ4v) is 3.69. The molecular formula is C19H25NO3. The molecule has 1 aliphatic carbocycles. The highest BCUT2D eigenvalue weighted by molar-refractivity contribution is 5.98. The highest BCUT2D eigenvalue weighted by Crippen LogP contribution is 2.39. The van der Waals surface area contributed by atoms with E-state index in [-0.39, 0.29) is 17.3 Å². The third-order valence-corrected chi connectivity index (χ3v) is 5.12. The molecule has 124 valence electrons. The van der Waals surface area contributed by atoms with Crippen LogP contribution in [0.2, 0.25) is 0 Å². The van der Waals surface area contributed by atoms with Crippen molar-refractivity contribution in [2.24, 2.45) is 0 Å². The topological polar surface area (TPSA) is 46.6 Å². The molecule has 1 aromatic carbocycles. The summed E-state index contributed by atoms with van der Waals surface area (Å²) < 4.78 is 5.26. The number of hydrogen-bond donors (Lipinski definition) is 0. The number of carbonyl (C=O) groups is 2. The lowest BCUT2D eigenvalue weighted by molar-refractivity contribution is -0.164. The van der Waals surface area contributed by atoms with Crippen molar-refractivity contribution in [3.63, 3.8) is 0 Å². The first-order valence-corrected chi connectivity index (χ1v) is 8.44. The molecule has 0 aromatic heterocycles. The van der Waals surface area contributed by atoms with Gasteiger partial charge in [0.1, 0.15) is 12.1 Å². The minimum atomic E-state index is -0.724. The standard InChI is InChI=1S/C19H25NO3/c1-18(2,3)15-8-6-14(7-9-15)16(21)20-12-13-23-17(22)19(20)10-4-5-11-19/h6-9H,4-5,10-13H2,1-3H3. The number of ether oxygens (including phenoxy) is 1. The number of nitrogens with zero attached hydrogens (tertiary/aromatic N) is 1. The minimum absolute atomic E-state index is 0.0518. The second-order valence-electron chi connectivity index (χ2n) is 7.66. The SMILES string of the molecule is CC(C)(C)c1ccc(C(=O)N2CCOC(=O)C23CCCC3)cc1. The molecule has 2 aliphatic rings. The van der Waals surface area contributed by atoms with E-state index in [1.54, 1.807) is 4.90 Å². The maximum Gasteiger partial charge on any atom is 0.332 e. The van der Waals surface area contributed by atoms with Crippen molar-refractivity contribution in [3.05, 3.63) is 35.4 Å². The number of esters is 1. The average molecular weight is 315 g/mol. The molecule has 0 bridgehead atoms. The van der Waals surface area contributed by atoms with Gasteiger partial charge < -0.3 is 9.64 Å². The monoisotopic (exact) mass is 315 g/mol. The van der Waals surface area contributed by atoms with Crippen LogP contribution in [-0.2, 0) is 14.9 Å². The van der Waals surface area contributed by atoms with E-state index < -0.39 is 5.54 Å². The summed E-state index contributed by atoms with van der Waals surface area (Å²) in [6.07, 6.45) is 3.39. The van der Waals surface area contributed by atoms with Gasteiger partial charge >= 0.3 is 5.97 Å². The number of carbonyl (C=O) groups excluding carboxylic acids is 2. The zero-order valence-corrected chi connectivity index (χ0v) is 14.2. The maximum absolute atomic E-state index is 13.0. The Hall–Kier alpha value is -1.84. The predicted molar refractivity (Wildman–Crippen MR) is 88.3 cm³/mol. The Morgan fingerprint density at radius 3 is 2.30 bits per heavy atom. The molecule has 1 aliphatic heterocycles. The van der Waals surface area contributed by atoms with Crippen LogP contribution < -0.4 is 0 Å². The van der Waals surface area contributed by atoms with E-state index >= 15 is 0 Å². The van der Waals surface area contributed by atoms with Crippen molar-refractivity contribution in [1.29, 1.82) is 0 Å². The van der Waals surface area contributed by atoms with Gasteiger partial charge in [0.15, 0.2) is 0 Å². The van der Waals surface area contributed by atoms with Crippen molar-refractivity contribution < 1.29 is 14.3 Å². The molecule has 0 unspecified atom stereocenters. The van der Waals surface area contributed by atoms with Gasteiger partial charge in [0.05, 0.1) is 6.54 Å². The first kappa shape index (κ1) is 16.0. The summed E-state index contributed by atoms with van der Waals surface area (Å²) in [5, 5.41) is 0. The maximum atomic E-state index is 13.0. The molecule has 0 atom stereocenters. The molecule has 1 saturated carbocycles. The van der Waals surface area contributed by atoms with Crippen LogP contribution in [0.3, 0.4) is 0 Å². The van der Waals surface area contributed by atoms with Gasteiger partial charge in [-0.1, -0.05) is 45.7 Å². The van der Waals surface area contributed by atoms with Crippen molar-refractivity contribution in [3.8, 4) is 0 Å². The molecule has 1 heterocycles. The van der Waals surface area contributed by atoms with E-state index in [0.717, 1.165) is 25.7 Å². The number of cyclic esters (lactones) is 1. The van der Waals surface area contributed by atoms with Crippen LogP contribution in [0, 0.1) is 0 Å². The lowest BCUT2D eigenvalue weighted by Crippen LogP contribution is -2.60. The highest BCUT2D eigenvalue weighted by Gasteiger charge is 2.51. The van der Waals surface area contributed by atoms with Crippen LogP contribution >= 0.6 is 0 Å². The second-order valence-corrected chi connectivity index (χ2v) is 7.66. The second kappa shape index (κ2) is 5.66. The third-order valence-electron chi connectivity index (χ3n) is 5.12. The minimum Gasteiger partial charge on any atom is -0.462 e. The van der Waals surface area contributed by atoms with Crippen molar-refractivity contribution in [2.75, 3.05) is 13.2 Å². The first-order chi connectivity index (χ1) is 10.8. The van der Waals surface area contributed by atoms with Crippen molar-refractivity contribution in [1.82, 2.24) is 4.90 Å². The Labute approximate surface area is 137 Å². The number of amides is 1. The number of rotatable bonds is 1. The summed E-state index contributed by atoms with van der Waals surface area (Å²) in [7, 11) is 0. The summed E-state index contributed by atoms with van der Waals surface area (Å²) in [5.74, 6) is -0.273. The summed E-state index contributed by atoms with van der Waals surface area (Å²) in [6.45, 7) is 7.24. The Kier molecular flexibility index (Phi) is 3.95. The number of hydrogen-bond acceptors (Lipinski definition) is 3. The molecule has 4 nitrogen and oxygen atoms in total. The first-order valence-electron chi connectivity index (χ1n) is 8.44. The molecule has 1 aromatic rings. The largest absolute Gasteiger partial charge is 0.462 e. The lowest BCUT2D eigenvalue weighted by atomic mass is 9.86. The van der Waals surface area contributed by atoms with Crippen LogP contribution in [0.5, 0.6) is 0 Å². The van der Waals surface area contributed by atoms with Gasteiger partial charge in [0, 0.05) is 5.56 Å². The molecule has 0 radical (unpaired) electrons. The molecular weight excluding hydrogens is 290 g/mol. The molecule has 2 fully saturated rings. The third kappa shape index (κ3) is 2.75. The summed E-state index contributed by atoms with van der Waals surface area (Å²) in [4.78, 5) is 27.1. The predicted octanol–water partition coefficient (Wildman–Crippen LogP) is 3.30. The summed E-state index contributed by atoms with van der Waals surface area (Å²) >= 11 is 0. The molecule has 1 amide bonds. The van der Waals surface area contributed by atoms with Gasteiger partial charge in [0.25, 0.3) is 5.91 Å². The van der Waals surface area contributed by atoms with Crippen LogP contribution in [0.25, 0.3) is 0 Å². The van der Waals surface area contributed by atoms with Crippen LogP contribution in [-0.4, -0.2) is 35.5 Å². The zero-order valence-electron chi connectivity index (χ0n) is 14.2. The van der Waals surface area contributed by atoms with Gasteiger partial charge in [-0.05, 0) is 36.0 Å². The van der Waals surface area contributed by atoms with E-state index in [4.69, 9.17) is 4.74 Å². The lowest BCUT2D eigenvalue weighted by Gasteiger charge is -2.42. The number of benzene rings is 1. The number of morpholine rings is 1. The van der Waals surface area contributed by atoms with Crippen LogP contribution in [0.15, 0.2) is 24.3 Å². The van der Waals surface area contributed by atoms with Gasteiger partial charge in [-0.2, -0.15) is 0 Å². The Balaban J connectivity index is 1.88. The van der Waals surface area contributed by atoms with Crippen molar-refractivity contribution in [2.45, 2.75) is 57.4 Å². The van der Waals surface area contributed by atoms with Gasteiger partial charge in [-0.3, -0.25) is 4.79 Å². The fraction of sp³-hybridized carbons (Fsp3) is 0.579. The van der Waals surface area contributed by atoms with Crippen molar-refractivity contribution >= 4 is 11.9 Å². The molecule has 3 rings (SSSR count). The van der Waals surface area contributed by atoms with E-state index in [1.165, 1.54) is 5.56 Å². The molecule has 23 heavy (non-hydrogen) atoms. The van der Waals surface area contributed by atoms with Crippen LogP contribution in [0.4, 0.5) is 0 Å². The molecule has 1 spiro atoms. The quantitative estimate of drug-likeness (QED) is 0.747. The zero-order chi connectivity index (χ0) is 16.7. The normalized spacial score (nSPS) is 20.7. The van der Waals surface area contributed by atoms with E-state index in [9.17, 15) is 9.59 Å². The van der Waals surface area contributed by atoms with E-state index in [0.29, 0.717) is 18.7 Å². The van der Waals surface area contributed by atoms with E-state index in [2.05, 4.69) is 20.8 Å². The highest BCUT2D eigenvalue weighted by atomic mass is 16.5. The fourth-order valence-electron chi connectivity index (χ4n) is 3.69. The molecule has 4 heteroatoms. The van der Waals surface area contributed by atoms with Crippen LogP contribution in [0.1, 0.15) is 62.4 Å². The van der Waals surface area contributed by atoms with Gasteiger partial charge in [-0.25, -0.2) is 4.79 Å². The van der Waals surface area contributed by atoms with E-state index in [1.807, 2.05) is 24.3 Å². The average Bonchev–Trinajstić information content (AvgIpc) is 2.99. The van der Waals surface area contributed by atoms with Gasteiger partial charge in [-0.15, -0.1) is 0 Å². The Morgan fingerprint density at radius 1 is 1.13 bits per heavy atom. The summed E-state index contributed by atoms with van der Waals surface area (Å²) in [5.41, 5.74) is 1.18. The molecule has 1 saturated heterocycles.